The summed E-state index contributed by atoms with van der Waals surface area (Å²) in [5.74, 6) is 1.97. The van der Waals surface area contributed by atoms with Crippen molar-refractivity contribution in [1.82, 2.24) is 4.90 Å². The number of methoxy groups -OCH3 is 2. The lowest BCUT2D eigenvalue weighted by molar-refractivity contribution is -0.132. The second-order valence-electron chi connectivity index (χ2n) is 6.31. The van der Waals surface area contributed by atoms with E-state index >= 15 is 0 Å². The Balaban J connectivity index is 1.85. The van der Waals surface area contributed by atoms with E-state index in [0.29, 0.717) is 29.4 Å². The first-order valence-electron chi connectivity index (χ1n) is 8.88. The van der Waals surface area contributed by atoms with Crippen LogP contribution in [-0.2, 0) is 24.3 Å². The van der Waals surface area contributed by atoms with Crippen molar-refractivity contribution >= 4 is 5.91 Å². The summed E-state index contributed by atoms with van der Waals surface area (Å²) in [6, 6.07) is 15.9. The number of hydrogen-bond acceptors (Lipinski definition) is 5. The van der Waals surface area contributed by atoms with Gasteiger partial charge in [-0.05, 0) is 36.4 Å². The number of carbonyl (C=O) groups is 1. The molecule has 1 heterocycles. The Morgan fingerprint density at radius 2 is 1.82 bits per heavy atom. The fraction of sp³-hybridized carbons (Fsp3) is 0.227. The molecule has 0 aliphatic heterocycles. The Kier molecular flexibility index (Phi) is 6.22. The van der Waals surface area contributed by atoms with Gasteiger partial charge in [0.1, 0.15) is 23.0 Å². The monoisotopic (exact) mass is 381 g/mol. The summed E-state index contributed by atoms with van der Waals surface area (Å²) in [6.45, 7) is 0.560. The number of aromatic hydroxyl groups is 1. The van der Waals surface area contributed by atoms with Crippen LogP contribution in [0.15, 0.2) is 65.3 Å². The van der Waals surface area contributed by atoms with E-state index in [1.807, 2.05) is 12.1 Å². The Labute approximate surface area is 163 Å². The number of carbonyl (C=O) groups excluding carboxylic acids is 1. The number of benzene rings is 2. The first-order chi connectivity index (χ1) is 13.6. The summed E-state index contributed by atoms with van der Waals surface area (Å²) in [5.41, 5.74) is 1.40. The number of nitrogens with zero attached hydrogens (tertiary/aromatic N) is 1. The van der Waals surface area contributed by atoms with Crippen molar-refractivity contribution in [2.75, 3.05) is 14.2 Å². The smallest absolute Gasteiger partial charge is 0.227 e. The maximum atomic E-state index is 13.1. The Morgan fingerprint density at radius 1 is 1.00 bits per heavy atom. The average molecular weight is 381 g/mol. The van der Waals surface area contributed by atoms with E-state index in [4.69, 9.17) is 13.9 Å². The van der Waals surface area contributed by atoms with Gasteiger partial charge in [0, 0.05) is 17.7 Å². The van der Waals surface area contributed by atoms with Gasteiger partial charge in [-0.15, -0.1) is 0 Å². The summed E-state index contributed by atoms with van der Waals surface area (Å²) in [7, 11) is 3.15. The molecule has 0 atom stereocenters. The molecule has 6 nitrogen and oxygen atoms in total. The van der Waals surface area contributed by atoms with E-state index < -0.39 is 0 Å². The summed E-state index contributed by atoms with van der Waals surface area (Å²) in [6.07, 6.45) is 1.71. The van der Waals surface area contributed by atoms with Crippen molar-refractivity contribution < 1.29 is 23.8 Å². The van der Waals surface area contributed by atoms with Crippen LogP contribution >= 0.6 is 0 Å². The van der Waals surface area contributed by atoms with Gasteiger partial charge in [0.05, 0.1) is 33.4 Å². The molecule has 1 amide bonds. The minimum Gasteiger partial charge on any atom is -0.508 e. The van der Waals surface area contributed by atoms with Crippen molar-refractivity contribution in [3.8, 4) is 17.2 Å². The molecule has 6 heteroatoms. The minimum absolute atomic E-state index is 0.119. The molecule has 0 saturated carbocycles. The first-order valence-corrected chi connectivity index (χ1v) is 8.88. The van der Waals surface area contributed by atoms with Gasteiger partial charge in [-0.2, -0.15) is 0 Å². The molecule has 3 rings (SSSR count). The third kappa shape index (κ3) is 4.65. The third-order valence-corrected chi connectivity index (χ3v) is 4.46. The second-order valence-corrected chi connectivity index (χ2v) is 6.31. The average Bonchev–Trinajstić information content (AvgIpc) is 3.22. The maximum absolute atomic E-state index is 13.1. The van der Waals surface area contributed by atoms with Crippen LogP contribution in [0.1, 0.15) is 16.9 Å². The predicted molar refractivity (Wildman–Crippen MR) is 104 cm³/mol. The van der Waals surface area contributed by atoms with Crippen LogP contribution < -0.4 is 9.47 Å². The van der Waals surface area contributed by atoms with Crippen molar-refractivity contribution in [2.45, 2.75) is 19.5 Å². The van der Waals surface area contributed by atoms with Crippen molar-refractivity contribution in [2.24, 2.45) is 0 Å². The quantitative estimate of drug-likeness (QED) is 0.643. The van der Waals surface area contributed by atoms with Gasteiger partial charge < -0.3 is 23.9 Å². The predicted octanol–water partition coefficient (Wildman–Crippen LogP) is 3.77. The molecular weight excluding hydrogens is 358 g/mol. The van der Waals surface area contributed by atoms with Gasteiger partial charge in [-0.3, -0.25) is 4.79 Å². The van der Waals surface area contributed by atoms with Gasteiger partial charge in [0.2, 0.25) is 5.91 Å². The standard InChI is InChI=1S/C22H23NO5/c1-26-18-9-10-21(27-2)17(12-18)13-22(25)23(15-19-7-5-11-28-19)14-16-6-3-4-8-20(16)24/h3-12,24H,13-15H2,1-2H3. The van der Waals surface area contributed by atoms with E-state index in [1.165, 1.54) is 0 Å². The molecule has 0 saturated heterocycles. The molecule has 3 aromatic rings. The number of rotatable bonds is 8. The van der Waals surface area contributed by atoms with Crippen molar-refractivity contribution in [1.29, 1.82) is 0 Å². The third-order valence-electron chi connectivity index (χ3n) is 4.46. The highest BCUT2D eigenvalue weighted by Gasteiger charge is 2.20. The number of furan rings is 1. The zero-order valence-electron chi connectivity index (χ0n) is 15.9. The van der Waals surface area contributed by atoms with Crippen LogP contribution in [0.5, 0.6) is 17.2 Å². The molecule has 0 fully saturated rings. The Bertz CT molecular complexity index is 920. The van der Waals surface area contributed by atoms with Crippen LogP contribution in [0.25, 0.3) is 0 Å². The minimum atomic E-state index is -0.119. The Morgan fingerprint density at radius 3 is 2.50 bits per heavy atom. The number of amides is 1. The molecule has 2 aromatic carbocycles. The largest absolute Gasteiger partial charge is 0.508 e. The number of phenolic OH excluding ortho intramolecular Hbond substituents is 1. The van der Waals surface area contributed by atoms with Gasteiger partial charge in [0.15, 0.2) is 0 Å². The SMILES string of the molecule is COc1ccc(OC)c(CC(=O)N(Cc2ccco2)Cc2ccccc2O)c1. The van der Waals surface area contributed by atoms with Gasteiger partial charge >= 0.3 is 0 Å². The van der Waals surface area contributed by atoms with Crippen LogP contribution in [0, 0.1) is 0 Å². The number of ether oxygens (including phenoxy) is 2. The fourth-order valence-corrected chi connectivity index (χ4v) is 2.97. The van der Waals surface area contributed by atoms with Gasteiger partial charge in [-0.25, -0.2) is 0 Å². The number of phenols is 1. The van der Waals surface area contributed by atoms with E-state index in [9.17, 15) is 9.90 Å². The summed E-state index contributed by atoms with van der Waals surface area (Å²) < 4.78 is 16.1. The van der Waals surface area contributed by atoms with Crippen LogP contribution in [-0.4, -0.2) is 30.1 Å². The summed E-state index contributed by atoms with van der Waals surface area (Å²) >= 11 is 0. The highest BCUT2D eigenvalue weighted by atomic mass is 16.5. The lowest BCUT2D eigenvalue weighted by Crippen LogP contribution is -2.31. The second kappa shape index (κ2) is 8.99. The van der Waals surface area contributed by atoms with Crippen molar-refractivity contribution in [3.63, 3.8) is 0 Å². The number of hydrogen-bond donors (Lipinski definition) is 1. The lowest BCUT2D eigenvalue weighted by atomic mass is 10.1. The van der Waals surface area contributed by atoms with Crippen LogP contribution in [0.2, 0.25) is 0 Å². The van der Waals surface area contributed by atoms with Crippen molar-refractivity contribution in [3.05, 3.63) is 77.7 Å². The summed E-state index contributed by atoms with van der Waals surface area (Å²) in [5, 5.41) is 10.1. The van der Waals surface area contributed by atoms with Gasteiger partial charge in [-0.1, -0.05) is 18.2 Å². The molecule has 1 aromatic heterocycles. The molecule has 28 heavy (non-hydrogen) atoms. The normalized spacial score (nSPS) is 10.5. The van der Waals surface area contributed by atoms with E-state index in [0.717, 1.165) is 5.56 Å². The first kappa shape index (κ1) is 19.4. The van der Waals surface area contributed by atoms with Crippen LogP contribution in [0.4, 0.5) is 0 Å². The summed E-state index contributed by atoms with van der Waals surface area (Å²) in [4.78, 5) is 14.8. The molecule has 0 bridgehead atoms. The molecule has 0 radical (unpaired) electrons. The fourth-order valence-electron chi connectivity index (χ4n) is 2.97. The molecule has 0 aliphatic carbocycles. The van der Waals surface area contributed by atoms with E-state index in [-0.39, 0.29) is 24.6 Å². The molecular formula is C22H23NO5. The Hall–Kier alpha value is -3.41. The van der Waals surface area contributed by atoms with Gasteiger partial charge in [0.25, 0.3) is 0 Å². The van der Waals surface area contributed by atoms with E-state index in [2.05, 4.69) is 0 Å². The van der Waals surface area contributed by atoms with Crippen LogP contribution in [0.3, 0.4) is 0 Å². The molecule has 0 aliphatic rings. The topological polar surface area (TPSA) is 72.1 Å². The highest BCUT2D eigenvalue weighted by Crippen LogP contribution is 2.26. The lowest BCUT2D eigenvalue weighted by Gasteiger charge is -2.23. The maximum Gasteiger partial charge on any atom is 0.227 e. The highest BCUT2D eigenvalue weighted by molar-refractivity contribution is 5.79. The molecule has 1 N–H and O–H groups in total. The van der Waals surface area contributed by atoms with E-state index in [1.54, 1.807) is 67.8 Å². The molecule has 0 unspecified atom stereocenters. The zero-order valence-corrected chi connectivity index (χ0v) is 15.9. The molecule has 146 valence electrons. The zero-order chi connectivity index (χ0) is 19.9. The molecule has 0 spiro atoms. The number of para-hydroxylation sites is 1.